The molecule has 8 heteroatoms. The zero-order valence-corrected chi connectivity index (χ0v) is 17.7. The number of carbonyl (C=O) groups is 2. The van der Waals surface area contributed by atoms with Crippen molar-refractivity contribution < 1.29 is 19.1 Å². The van der Waals surface area contributed by atoms with Crippen LogP contribution in [0.4, 0.5) is 5.69 Å². The average Bonchev–Trinajstić information content (AvgIpc) is 3.40. The van der Waals surface area contributed by atoms with Gasteiger partial charge in [-0.25, -0.2) is 0 Å². The summed E-state index contributed by atoms with van der Waals surface area (Å²) in [6.07, 6.45) is 1.33. The number of thioether (sulfide) groups is 1. The number of hydrogen-bond donors (Lipinski definition) is 1. The zero-order chi connectivity index (χ0) is 20.3. The van der Waals surface area contributed by atoms with Crippen molar-refractivity contribution in [2.45, 2.75) is 18.4 Å². The lowest BCUT2D eigenvalue weighted by Crippen LogP contribution is -2.59. The highest BCUT2D eigenvalue weighted by Gasteiger charge is 2.42. The van der Waals surface area contributed by atoms with Crippen LogP contribution in [-0.2, 0) is 14.3 Å². The van der Waals surface area contributed by atoms with Gasteiger partial charge in [-0.3, -0.25) is 14.5 Å². The lowest BCUT2D eigenvalue weighted by molar-refractivity contribution is -0.127. The van der Waals surface area contributed by atoms with Gasteiger partial charge in [-0.15, -0.1) is 0 Å². The lowest BCUT2D eigenvalue weighted by atomic mass is 9.95. The van der Waals surface area contributed by atoms with Crippen LogP contribution in [0.5, 0.6) is 5.75 Å². The molecule has 0 spiro atoms. The Balaban J connectivity index is 1.37. The summed E-state index contributed by atoms with van der Waals surface area (Å²) in [5.74, 6) is 2.51. The average molecular weight is 420 g/mol. The highest BCUT2D eigenvalue weighted by Crippen LogP contribution is 2.34. The van der Waals surface area contributed by atoms with Crippen LogP contribution in [0.1, 0.15) is 12.8 Å². The third kappa shape index (κ3) is 4.39. The summed E-state index contributed by atoms with van der Waals surface area (Å²) >= 11 is 1.95. The van der Waals surface area contributed by atoms with E-state index < -0.39 is 0 Å². The van der Waals surface area contributed by atoms with Crippen LogP contribution in [0.3, 0.4) is 0 Å². The van der Waals surface area contributed by atoms with E-state index in [1.165, 1.54) is 0 Å². The highest BCUT2D eigenvalue weighted by molar-refractivity contribution is 7.99. The third-order valence-corrected chi connectivity index (χ3v) is 7.45. The number of benzene rings is 1. The quantitative estimate of drug-likeness (QED) is 0.751. The number of rotatable bonds is 6. The number of anilines is 1. The van der Waals surface area contributed by atoms with E-state index in [2.05, 4.69) is 10.2 Å². The Kier molecular flexibility index (Phi) is 6.32. The summed E-state index contributed by atoms with van der Waals surface area (Å²) in [7, 11) is 1.60. The molecule has 2 amide bonds. The highest BCUT2D eigenvalue weighted by atomic mass is 32.2. The van der Waals surface area contributed by atoms with E-state index in [1.54, 1.807) is 12.0 Å². The number of ether oxygens (including phenoxy) is 2. The fraction of sp³-hybridized carbons (Fsp3) is 0.619. The molecule has 2 unspecified atom stereocenters. The number of nitrogens with zero attached hydrogens (tertiary/aromatic N) is 2. The first-order chi connectivity index (χ1) is 14.1. The van der Waals surface area contributed by atoms with Crippen LogP contribution >= 0.6 is 11.8 Å². The monoisotopic (exact) mass is 419 g/mol. The third-order valence-electron chi connectivity index (χ3n) is 6.22. The van der Waals surface area contributed by atoms with Gasteiger partial charge in [0.25, 0.3) is 0 Å². The number of morpholine rings is 1. The molecule has 29 heavy (non-hydrogen) atoms. The Bertz CT molecular complexity index is 747. The van der Waals surface area contributed by atoms with E-state index in [0.717, 1.165) is 49.9 Å². The Labute approximate surface area is 176 Å². The Morgan fingerprint density at radius 2 is 2.21 bits per heavy atom. The summed E-state index contributed by atoms with van der Waals surface area (Å²) < 4.78 is 10.8. The molecule has 0 bridgehead atoms. The Morgan fingerprint density at radius 1 is 1.38 bits per heavy atom. The predicted molar refractivity (Wildman–Crippen MR) is 114 cm³/mol. The lowest BCUT2D eigenvalue weighted by Gasteiger charge is -2.43. The first-order valence-electron chi connectivity index (χ1n) is 10.2. The molecule has 3 saturated heterocycles. The minimum atomic E-state index is -0.315. The second kappa shape index (κ2) is 8.93. The van der Waals surface area contributed by atoms with Crippen molar-refractivity contribution in [1.29, 1.82) is 0 Å². The van der Waals surface area contributed by atoms with E-state index in [9.17, 15) is 9.59 Å². The molecule has 1 aromatic rings. The molecular weight excluding hydrogens is 390 g/mol. The molecular formula is C21H29N3O4S. The van der Waals surface area contributed by atoms with Gasteiger partial charge in [0.05, 0.1) is 26.2 Å². The molecule has 3 heterocycles. The van der Waals surface area contributed by atoms with Crippen molar-refractivity contribution in [3.8, 4) is 5.75 Å². The van der Waals surface area contributed by atoms with Gasteiger partial charge in [-0.05, 0) is 24.3 Å². The van der Waals surface area contributed by atoms with E-state index in [0.29, 0.717) is 18.8 Å². The summed E-state index contributed by atoms with van der Waals surface area (Å²) in [5, 5.41) is 3.18. The maximum Gasteiger partial charge on any atom is 0.227 e. The van der Waals surface area contributed by atoms with E-state index >= 15 is 0 Å². The van der Waals surface area contributed by atoms with Crippen LogP contribution in [0, 0.1) is 5.92 Å². The van der Waals surface area contributed by atoms with Gasteiger partial charge in [0.15, 0.2) is 0 Å². The molecule has 0 saturated carbocycles. The van der Waals surface area contributed by atoms with Crippen LogP contribution in [0.25, 0.3) is 0 Å². The molecule has 158 valence electrons. The predicted octanol–water partition coefficient (Wildman–Crippen LogP) is 1.37. The minimum absolute atomic E-state index is 0.0131. The molecule has 1 aromatic carbocycles. The number of carbonyl (C=O) groups excluding carboxylic acids is 2. The molecule has 4 rings (SSSR count). The van der Waals surface area contributed by atoms with E-state index in [4.69, 9.17) is 9.47 Å². The van der Waals surface area contributed by atoms with Gasteiger partial charge in [0, 0.05) is 55.6 Å². The molecule has 3 fully saturated rings. The van der Waals surface area contributed by atoms with Crippen molar-refractivity contribution in [3.05, 3.63) is 24.3 Å². The summed E-state index contributed by atoms with van der Waals surface area (Å²) in [6.45, 7) is 4.41. The number of amides is 2. The maximum atomic E-state index is 12.9. The van der Waals surface area contributed by atoms with Crippen molar-refractivity contribution in [3.63, 3.8) is 0 Å². The smallest absolute Gasteiger partial charge is 0.227 e. The topological polar surface area (TPSA) is 71.1 Å². The Morgan fingerprint density at radius 3 is 2.93 bits per heavy atom. The van der Waals surface area contributed by atoms with Gasteiger partial charge in [0.2, 0.25) is 11.8 Å². The molecule has 0 aromatic heterocycles. The number of nitrogens with one attached hydrogen (secondary N) is 1. The van der Waals surface area contributed by atoms with Crippen LogP contribution < -0.4 is 15.0 Å². The standard InChI is InChI=1S/C21H29N3O4S/c1-27-18-4-2-3-17(12-18)24-13-16(11-19(24)25)20(26)22-14-21(5-10-29-15-21)23-6-8-28-9-7-23/h2-4,12,16H,5-11,13-15H2,1H3,(H,22,26). The van der Waals surface area contributed by atoms with Crippen molar-refractivity contribution in [2.24, 2.45) is 5.92 Å². The summed E-state index contributed by atoms with van der Waals surface area (Å²) in [5.41, 5.74) is 0.792. The Hall–Kier alpha value is -1.77. The molecule has 3 aliphatic heterocycles. The largest absolute Gasteiger partial charge is 0.497 e. The molecule has 1 N–H and O–H groups in total. The number of hydrogen-bond acceptors (Lipinski definition) is 6. The van der Waals surface area contributed by atoms with Gasteiger partial charge in [-0.2, -0.15) is 11.8 Å². The first kappa shape index (κ1) is 20.5. The van der Waals surface area contributed by atoms with Crippen LogP contribution in [0.15, 0.2) is 24.3 Å². The second-order valence-electron chi connectivity index (χ2n) is 7.95. The molecule has 3 aliphatic rings. The van der Waals surface area contributed by atoms with Gasteiger partial charge in [-0.1, -0.05) is 6.07 Å². The molecule has 0 aliphatic carbocycles. The van der Waals surface area contributed by atoms with Crippen molar-refractivity contribution >= 4 is 29.3 Å². The van der Waals surface area contributed by atoms with E-state index in [1.807, 2.05) is 36.0 Å². The zero-order valence-electron chi connectivity index (χ0n) is 16.9. The summed E-state index contributed by atoms with van der Waals surface area (Å²) in [4.78, 5) is 29.6. The van der Waals surface area contributed by atoms with Gasteiger partial charge >= 0.3 is 0 Å². The molecule has 2 atom stereocenters. The second-order valence-corrected chi connectivity index (χ2v) is 9.06. The SMILES string of the molecule is COc1cccc(N2CC(C(=O)NCC3(N4CCOCC4)CCSC3)CC2=O)c1. The van der Waals surface area contributed by atoms with Crippen molar-refractivity contribution in [2.75, 3.05) is 62.9 Å². The maximum absolute atomic E-state index is 12.9. The normalized spacial score (nSPS) is 28.0. The fourth-order valence-electron chi connectivity index (χ4n) is 4.44. The number of methoxy groups -OCH3 is 1. The van der Waals surface area contributed by atoms with Crippen molar-refractivity contribution in [1.82, 2.24) is 10.2 Å². The first-order valence-corrected chi connectivity index (χ1v) is 11.4. The van der Waals surface area contributed by atoms with Crippen LogP contribution in [0.2, 0.25) is 0 Å². The molecule has 0 radical (unpaired) electrons. The summed E-state index contributed by atoms with van der Waals surface area (Å²) in [6, 6.07) is 7.42. The van der Waals surface area contributed by atoms with Crippen LogP contribution in [-0.4, -0.2) is 80.3 Å². The van der Waals surface area contributed by atoms with E-state index in [-0.39, 0.29) is 29.7 Å². The minimum Gasteiger partial charge on any atom is -0.497 e. The molecule has 7 nitrogen and oxygen atoms in total. The fourth-order valence-corrected chi connectivity index (χ4v) is 5.92. The van der Waals surface area contributed by atoms with Gasteiger partial charge < -0.3 is 19.7 Å². The van der Waals surface area contributed by atoms with Gasteiger partial charge in [0.1, 0.15) is 5.75 Å².